The monoisotopic (exact) mass is 278 g/mol. The molecule has 1 fully saturated rings. The van der Waals surface area contributed by atoms with Crippen LogP contribution in [0.15, 0.2) is 49.1 Å². The second-order valence-electron chi connectivity index (χ2n) is 5.67. The van der Waals surface area contributed by atoms with Crippen LogP contribution in [0.1, 0.15) is 24.0 Å². The van der Waals surface area contributed by atoms with Gasteiger partial charge in [-0.05, 0) is 42.2 Å². The van der Waals surface area contributed by atoms with Gasteiger partial charge in [-0.25, -0.2) is 4.98 Å². The Morgan fingerprint density at radius 2 is 2.10 bits per heavy atom. The summed E-state index contributed by atoms with van der Waals surface area (Å²) in [4.78, 5) is 8.74. The number of pyridine rings is 2. The van der Waals surface area contributed by atoms with Gasteiger partial charge in [0.15, 0.2) is 0 Å². The number of aromatic nitrogens is 3. The molecule has 0 amide bonds. The highest BCUT2D eigenvalue weighted by atomic mass is 15.0. The highest BCUT2D eigenvalue weighted by Gasteiger charge is 2.21. The van der Waals surface area contributed by atoms with Crippen molar-refractivity contribution in [2.24, 2.45) is 0 Å². The maximum atomic E-state index is 4.56. The Morgan fingerprint density at radius 3 is 2.90 bits per heavy atom. The zero-order valence-electron chi connectivity index (χ0n) is 11.9. The van der Waals surface area contributed by atoms with Gasteiger partial charge >= 0.3 is 0 Å². The van der Waals surface area contributed by atoms with E-state index in [9.17, 15) is 0 Å². The topological polar surface area (TPSA) is 42.7 Å². The minimum atomic E-state index is 0.721. The van der Waals surface area contributed by atoms with E-state index >= 15 is 0 Å². The molecule has 3 heterocycles. The van der Waals surface area contributed by atoms with Crippen LogP contribution in [0.5, 0.6) is 0 Å². The predicted molar refractivity (Wildman–Crippen MR) is 82.9 cm³/mol. The Labute approximate surface area is 123 Å². The fourth-order valence-electron chi connectivity index (χ4n) is 2.69. The van der Waals surface area contributed by atoms with E-state index in [4.69, 9.17) is 0 Å². The number of nitrogens with zero attached hydrogens (tertiary/aromatic N) is 3. The molecule has 0 atom stereocenters. The zero-order valence-corrected chi connectivity index (χ0v) is 11.9. The van der Waals surface area contributed by atoms with Crippen molar-refractivity contribution in [1.29, 1.82) is 0 Å². The number of nitrogens with one attached hydrogen (secondary N) is 1. The molecule has 0 radical (unpaired) electrons. The second-order valence-corrected chi connectivity index (χ2v) is 5.67. The maximum absolute atomic E-state index is 4.56. The van der Waals surface area contributed by atoms with E-state index < -0.39 is 0 Å². The van der Waals surface area contributed by atoms with Crippen LogP contribution in [0.2, 0.25) is 0 Å². The molecule has 1 aliphatic rings. The molecule has 0 saturated heterocycles. The number of rotatable bonds is 5. The molecule has 4 heteroatoms. The largest absolute Gasteiger partial charge is 0.328 e. The number of fused-ring (bicyclic) bond motifs is 1. The van der Waals surface area contributed by atoms with Gasteiger partial charge in [-0.15, -0.1) is 0 Å². The molecule has 1 saturated carbocycles. The molecule has 4 nitrogen and oxygen atoms in total. The summed E-state index contributed by atoms with van der Waals surface area (Å²) < 4.78 is 2.22. The lowest BCUT2D eigenvalue weighted by atomic mass is 10.2. The Hall–Kier alpha value is -2.20. The van der Waals surface area contributed by atoms with Crippen molar-refractivity contribution < 1.29 is 0 Å². The maximum Gasteiger partial charge on any atom is 0.140 e. The summed E-state index contributed by atoms with van der Waals surface area (Å²) in [7, 11) is 0. The van der Waals surface area contributed by atoms with E-state index in [1.54, 1.807) is 6.20 Å². The summed E-state index contributed by atoms with van der Waals surface area (Å²) in [5, 5.41) is 4.83. The van der Waals surface area contributed by atoms with Crippen LogP contribution >= 0.6 is 0 Å². The first-order valence-corrected chi connectivity index (χ1v) is 7.45. The van der Waals surface area contributed by atoms with Gasteiger partial charge in [-0.2, -0.15) is 0 Å². The first-order chi connectivity index (χ1) is 10.4. The SMILES string of the molecule is c1cncc(Cn2cc(CNC3CC3)c3cccnc32)c1. The standard InChI is InChI=1S/C17H18N4/c1-3-13(9-18-7-1)11-21-12-14(10-20-15-5-6-15)16-4-2-8-19-17(16)21/h1-4,7-9,12,15,20H,5-6,10-11H2. The van der Waals surface area contributed by atoms with Gasteiger partial charge in [0.05, 0.1) is 6.54 Å². The third-order valence-corrected chi connectivity index (χ3v) is 3.95. The van der Waals surface area contributed by atoms with Gasteiger partial charge in [0.2, 0.25) is 0 Å². The van der Waals surface area contributed by atoms with E-state index in [2.05, 4.69) is 38.2 Å². The van der Waals surface area contributed by atoms with Crippen LogP contribution < -0.4 is 5.32 Å². The number of hydrogen-bond donors (Lipinski definition) is 1. The van der Waals surface area contributed by atoms with E-state index in [1.165, 1.54) is 29.4 Å². The van der Waals surface area contributed by atoms with Crippen molar-refractivity contribution >= 4 is 11.0 Å². The fourth-order valence-corrected chi connectivity index (χ4v) is 2.69. The third-order valence-electron chi connectivity index (χ3n) is 3.95. The van der Waals surface area contributed by atoms with Crippen molar-refractivity contribution in [3.8, 4) is 0 Å². The first kappa shape index (κ1) is 12.5. The number of hydrogen-bond acceptors (Lipinski definition) is 3. The molecule has 0 bridgehead atoms. The molecule has 1 N–H and O–H groups in total. The molecular formula is C17H18N4. The van der Waals surface area contributed by atoms with Crippen LogP contribution in [-0.4, -0.2) is 20.6 Å². The molecule has 4 rings (SSSR count). The summed E-state index contributed by atoms with van der Waals surface area (Å²) in [6.07, 6.45) is 10.4. The Balaban J connectivity index is 1.67. The Morgan fingerprint density at radius 1 is 1.19 bits per heavy atom. The normalized spacial score (nSPS) is 14.7. The van der Waals surface area contributed by atoms with Gasteiger partial charge in [-0.1, -0.05) is 6.07 Å². The highest BCUT2D eigenvalue weighted by molar-refractivity contribution is 5.80. The summed E-state index contributed by atoms with van der Waals surface area (Å²) in [5.74, 6) is 0. The molecule has 3 aromatic rings. The summed E-state index contributed by atoms with van der Waals surface area (Å²) in [6, 6.07) is 8.97. The van der Waals surface area contributed by atoms with E-state index in [0.29, 0.717) is 0 Å². The van der Waals surface area contributed by atoms with Crippen LogP contribution in [0.25, 0.3) is 11.0 Å². The molecule has 1 aliphatic carbocycles. The highest BCUT2D eigenvalue weighted by Crippen LogP contribution is 2.23. The van der Waals surface area contributed by atoms with Crippen molar-refractivity contribution in [3.63, 3.8) is 0 Å². The van der Waals surface area contributed by atoms with Crippen molar-refractivity contribution in [3.05, 3.63) is 60.2 Å². The smallest absolute Gasteiger partial charge is 0.140 e. The average Bonchev–Trinajstić information content (AvgIpc) is 3.30. The Bertz CT molecular complexity index is 744. The quantitative estimate of drug-likeness (QED) is 0.780. The summed E-state index contributed by atoms with van der Waals surface area (Å²) in [6.45, 7) is 1.73. The van der Waals surface area contributed by atoms with Gasteiger partial charge in [0.25, 0.3) is 0 Å². The molecule has 0 spiro atoms. The average molecular weight is 278 g/mol. The van der Waals surface area contributed by atoms with Gasteiger partial charge in [0.1, 0.15) is 5.65 Å². The molecular weight excluding hydrogens is 260 g/mol. The van der Waals surface area contributed by atoms with Crippen LogP contribution in [0.3, 0.4) is 0 Å². The lowest BCUT2D eigenvalue weighted by Crippen LogP contribution is -2.14. The van der Waals surface area contributed by atoms with Crippen LogP contribution in [-0.2, 0) is 13.1 Å². The van der Waals surface area contributed by atoms with E-state index in [1.807, 2.05) is 24.5 Å². The lowest BCUT2D eigenvalue weighted by Gasteiger charge is -2.03. The minimum absolute atomic E-state index is 0.721. The second kappa shape index (κ2) is 5.30. The molecule has 0 aromatic carbocycles. The van der Waals surface area contributed by atoms with Gasteiger partial charge in [-0.3, -0.25) is 4.98 Å². The third kappa shape index (κ3) is 2.67. The van der Waals surface area contributed by atoms with E-state index in [0.717, 1.165) is 24.8 Å². The van der Waals surface area contributed by atoms with E-state index in [-0.39, 0.29) is 0 Å². The Kier molecular flexibility index (Phi) is 3.16. The van der Waals surface area contributed by atoms with Crippen molar-refractivity contribution in [2.45, 2.75) is 32.0 Å². The molecule has 0 aliphatic heterocycles. The summed E-state index contributed by atoms with van der Waals surface area (Å²) in [5.41, 5.74) is 3.57. The molecule has 106 valence electrons. The molecule has 0 unspecified atom stereocenters. The van der Waals surface area contributed by atoms with Crippen LogP contribution in [0.4, 0.5) is 0 Å². The molecule has 21 heavy (non-hydrogen) atoms. The van der Waals surface area contributed by atoms with Crippen LogP contribution in [0, 0.1) is 0 Å². The predicted octanol–water partition coefficient (Wildman–Crippen LogP) is 2.73. The fraction of sp³-hybridized carbons (Fsp3) is 0.294. The molecule has 3 aromatic heterocycles. The lowest BCUT2D eigenvalue weighted by molar-refractivity contribution is 0.687. The zero-order chi connectivity index (χ0) is 14.1. The van der Waals surface area contributed by atoms with Gasteiger partial charge < -0.3 is 9.88 Å². The summed E-state index contributed by atoms with van der Waals surface area (Å²) >= 11 is 0. The van der Waals surface area contributed by atoms with Gasteiger partial charge in [0, 0.05) is 42.8 Å². The van der Waals surface area contributed by atoms with Crippen molar-refractivity contribution in [1.82, 2.24) is 19.9 Å². The van der Waals surface area contributed by atoms with Crippen molar-refractivity contribution in [2.75, 3.05) is 0 Å². The first-order valence-electron chi connectivity index (χ1n) is 7.45. The minimum Gasteiger partial charge on any atom is -0.328 e.